The molecule has 1 fully saturated rings. The van der Waals surface area contributed by atoms with Gasteiger partial charge in [-0.3, -0.25) is 9.59 Å². The highest BCUT2D eigenvalue weighted by atomic mass is 16.5. The van der Waals surface area contributed by atoms with E-state index in [1.807, 2.05) is 17.9 Å². The minimum absolute atomic E-state index is 0.170. The van der Waals surface area contributed by atoms with Gasteiger partial charge in [0, 0.05) is 18.2 Å². The largest absolute Gasteiger partial charge is 0.452 e. The fraction of sp³-hybridized carbons (Fsp3) is 0.375. The predicted molar refractivity (Wildman–Crippen MR) is 115 cm³/mol. The van der Waals surface area contributed by atoms with Gasteiger partial charge in [-0.2, -0.15) is 0 Å². The Kier molecular flexibility index (Phi) is 7.22. The predicted octanol–water partition coefficient (Wildman–Crippen LogP) is 4.20. The topological polar surface area (TPSA) is 75.7 Å². The van der Waals surface area contributed by atoms with Gasteiger partial charge in [0.05, 0.1) is 11.3 Å². The van der Waals surface area contributed by atoms with Crippen molar-refractivity contribution in [3.05, 3.63) is 65.2 Å². The highest BCUT2D eigenvalue weighted by Crippen LogP contribution is 2.21. The average Bonchev–Trinajstić information content (AvgIpc) is 2.77. The van der Waals surface area contributed by atoms with Crippen LogP contribution in [0.3, 0.4) is 0 Å². The van der Waals surface area contributed by atoms with E-state index in [9.17, 15) is 14.4 Å². The minimum Gasteiger partial charge on any atom is -0.452 e. The number of benzene rings is 2. The Morgan fingerprint density at radius 3 is 2.67 bits per heavy atom. The number of carbonyl (C=O) groups is 3. The number of hydrogen-bond acceptors (Lipinski definition) is 4. The SMILES string of the molecule is CC[C@@H]1CCCCN1C(=O)COC(=O)c1ccccc1NC(=O)c1cccc(C)c1. The Labute approximate surface area is 177 Å². The smallest absolute Gasteiger partial charge is 0.340 e. The molecule has 0 aromatic heterocycles. The van der Waals surface area contributed by atoms with Gasteiger partial charge in [-0.05, 0) is 56.9 Å². The molecule has 3 rings (SSSR count). The fourth-order valence-electron chi connectivity index (χ4n) is 3.79. The molecule has 158 valence electrons. The summed E-state index contributed by atoms with van der Waals surface area (Å²) in [5.41, 5.74) is 2.05. The normalized spacial score (nSPS) is 16.1. The van der Waals surface area contributed by atoms with Crippen LogP contribution in [0.1, 0.15) is 58.9 Å². The maximum absolute atomic E-state index is 12.6. The second kappa shape index (κ2) is 10.1. The zero-order valence-electron chi connectivity index (χ0n) is 17.5. The summed E-state index contributed by atoms with van der Waals surface area (Å²) in [7, 11) is 0. The first-order chi connectivity index (χ1) is 14.5. The van der Waals surface area contributed by atoms with Gasteiger partial charge >= 0.3 is 5.97 Å². The van der Waals surface area contributed by atoms with Crippen molar-refractivity contribution >= 4 is 23.5 Å². The van der Waals surface area contributed by atoms with Crippen LogP contribution in [0.2, 0.25) is 0 Å². The maximum Gasteiger partial charge on any atom is 0.340 e. The first kappa shape index (κ1) is 21.6. The minimum atomic E-state index is -0.631. The molecule has 0 aliphatic carbocycles. The van der Waals surface area contributed by atoms with Gasteiger partial charge in [0.2, 0.25) is 0 Å². The molecule has 1 atom stereocenters. The van der Waals surface area contributed by atoms with Crippen molar-refractivity contribution in [1.29, 1.82) is 0 Å². The van der Waals surface area contributed by atoms with Gasteiger partial charge < -0.3 is 15.0 Å². The number of aryl methyl sites for hydroxylation is 1. The Bertz CT molecular complexity index is 925. The molecule has 2 aromatic carbocycles. The van der Waals surface area contributed by atoms with E-state index in [0.29, 0.717) is 17.8 Å². The van der Waals surface area contributed by atoms with E-state index < -0.39 is 5.97 Å². The van der Waals surface area contributed by atoms with Crippen LogP contribution in [0.15, 0.2) is 48.5 Å². The molecule has 6 heteroatoms. The number of anilines is 1. The quantitative estimate of drug-likeness (QED) is 0.727. The van der Waals surface area contributed by atoms with E-state index >= 15 is 0 Å². The van der Waals surface area contributed by atoms with Crippen LogP contribution < -0.4 is 5.32 Å². The van der Waals surface area contributed by atoms with Crippen molar-refractivity contribution in [2.75, 3.05) is 18.5 Å². The van der Waals surface area contributed by atoms with E-state index in [0.717, 1.165) is 31.2 Å². The molecular formula is C24H28N2O4. The number of carbonyl (C=O) groups excluding carboxylic acids is 3. The molecule has 1 aliphatic rings. The molecule has 1 aliphatic heterocycles. The lowest BCUT2D eigenvalue weighted by molar-refractivity contribution is -0.138. The lowest BCUT2D eigenvalue weighted by atomic mass is 10.00. The van der Waals surface area contributed by atoms with Crippen molar-refractivity contribution in [2.45, 2.75) is 45.6 Å². The summed E-state index contributed by atoms with van der Waals surface area (Å²) in [5, 5.41) is 2.77. The summed E-state index contributed by atoms with van der Waals surface area (Å²) in [6.45, 7) is 4.38. The lowest BCUT2D eigenvalue weighted by Gasteiger charge is -2.35. The summed E-state index contributed by atoms with van der Waals surface area (Å²) in [5.74, 6) is -1.11. The van der Waals surface area contributed by atoms with Gasteiger partial charge in [0.25, 0.3) is 11.8 Å². The molecule has 2 amide bonds. The monoisotopic (exact) mass is 408 g/mol. The van der Waals surface area contributed by atoms with Crippen LogP contribution in [0, 0.1) is 6.92 Å². The van der Waals surface area contributed by atoms with Crippen molar-refractivity contribution in [2.24, 2.45) is 0 Å². The molecule has 0 saturated carbocycles. The Morgan fingerprint density at radius 2 is 1.90 bits per heavy atom. The third-order valence-corrected chi connectivity index (χ3v) is 5.42. The van der Waals surface area contributed by atoms with Crippen LogP contribution in [-0.4, -0.2) is 41.9 Å². The summed E-state index contributed by atoms with van der Waals surface area (Å²) in [6.07, 6.45) is 3.98. The van der Waals surface area contributed by atoms with Gasteiger partial charge in [-0.25, -0.2) is 4.79 Å². The number of piperidine rings is 1. The Hall–Kier alpha value is -3.15. The second-order valence-electron chi connectivity index (χ2n) is 7.59. The van der Waals surface area contributed by atoms with Gasteiger partial charge in [-0.1, -0.05) is 36.8 Å². The molecule has 1 N–H and O–H groups in total. The Balaban J connectivity index is 1.65. The molecular weight excluding hydrogens is 380 g/mol. The number of esters is 1. The molecule has 1 saturated heterocycles. The number of likely N-dealkylation sites (tertiary alicyclic amines) is 1. The van der Waals surface area contributed by atoms with Crippen molar-refractivity contribution < 1.29 is 19.1 Å². The van der Waals surface area contributed by atoms with Crippen LogP contribution >= 0.6 is 0 Å². The molecule has 30 heavy (non-hydrogen) atoms. The molecule has 0 spiro atoms. The first-order valence-electron chi connectivity index (χ1n) is 10.4. The number of nitrogens with one attached hydrogen (secondary N) is 1. The van der Waals surface area contributed by atoms with Crippen LogP contribution in [0.25, 0.3) is 0 Å². The number of ether oxygens (including phenoxy) is 1. The van der Waals surface area contributed by atoms with Gasteiger partial charge in [0.15, 0.2) is 6.61 Å². The number of nitrogens with zero attached hydrogens (tertiary/aromatic N) is 1. The van der Waals surface area contributed by atoms with Crippen LogP contribution in [0.5, 0.6) is 0 Å². The fourth-order valence-corrected chi connectivity index (χ4v) is 3.79. The van der Waals surface area contributed by atoms with Crippen molar-refractivity contribution in [3.8, 4) is 0 Å². The van der Waals surface area contributed by atoms with E-state index in [-0.39, 0.29) is 30.0 Å². The zero-order chi connectivity index (χ0) is 21.5. The highest BCUT2D eigenvalue weighted by Gasteiger charge is 2.26. The van der Waals surface area contributed by atoms with E-state index in [1.54, 1.807) is 42.5 Å². The molecule has 1 heterocycles. The average molecular weight is 408 g/mol. The number of para-hydroxylation sites is 1. The third kappa shape index (κ3) is 5.26. The summed E-state index contributed by atoms with van der Waals surface area (Å²) < 4.78 is 5.30. The number of hydrogen-bond donors (Lipinski definition) is 1. The number of rotatable bonds is 6. The maximum atomic E-state index is 12.6. The van der Waals surface area contributed by atoms with Crippen molar-refractivity contribution in [3.63, 3.8) is 0 Å². The summed E-state index contributed by atoms with van der Waals surface area (Å²) >= 11 is 0. The van der Waals surface area contributed by atoms with E-state index in [4.69, 9.17) is 4.74 Å². The van der Waals surface area contributed by atoms with E-state index in [1.165, 1.54) is 0 Å². The van der Waals surface area contributed by atoms with Crippen LogP contribution in [0.4, 0.5) is 5.69 Å². The molecule has 2 aromatic rings. The summed E-state index contributed by atoms with van der Waals surface area (Å²) in [4.78, 5) is 39.6. The summed E-state index contributed by atoms with van der Waals surface area (Å²) in [6, 6.07) is 14.1. The zero-order valence-corrected chi connectivity index (χ0v) is 17.5. The van der Waals surface area contributed by atoms with Crippen LogP contribution in [-0.2, 0) is 9.53 Å². The van der Waals surface area contributed by atoms with Crippen molar-refractivity contribution in [1.82, 2.24) is 4.90 Å². The second-order valence-corrected chi connectivity index (χ2v) is 7.59. The standard InChI is InChI=1S/C24H28N2O4/c1-3-19-11-6-7-14-26(19)22(27)16-30-24(29)20-12-4-5-13-21(20)25-23(28)18-10-8-9-17(2)15-18/h4-5,8-10,12-13,15,19H,3,6-7,11,14,16H2,1-2H3,(H,25,28)/t19-/m1/s1. The van der Waals surface area contributed by atoms with Gasteiger partial charge in [0.1, 0.15) is 0 Å². The molecule has 6 nitrogen and oxygen atoms in total. The highest BCUT2D eigenvalue weighted by molar-refractivity contribution is 6.08. The lowest BCUT2D eigenvalue weighted by Crippen LogP contribution is -2.45. The molecule has 0 bridgehead atoms. The number of amides is 2. The molecule has 0 unspecified atom stereocenters. The molecule has 0 radical (unpaired) electrons. The third-order valence-electron chi connectivity index (χ3n) is 5.42. The first-order valence-corrected chi connectivity index (χ1v) is 10.4. The van der Waals surface area contributed by atoms with Gasteiger partial charge in [-0.15, -0.1) is 0 Å². The van der Waals surface area contributed by atoms with E-state index in [2.05, 4.69) is 12.2 Å². The Morgan fingerprint density at radius 1 is 1.10 bits per heavy atom.